The molecule has 1 aromatic rings. The van der Waals surface area contributed by atoms with Crippen LogP contribution in [-0.2, 0) is 4.79 Å². The lowest BCUT2D eigenvalue weighted by atomic mass is 10.1. The molecule has 2 aliphatic rings. The van der Waals surface area contributed by atoms with Crippen molar-refractivity contribution in [3.63, 3.8) is 0 Å². The number of aromatic nitrogens is 2. The van der Waals surface area contributed by atoms with Gasteiger partial charge in [0.05, 0.1) is 0 Å². The molecule has 1 saturated heterocycles. The van der Waals surface area contributed by atoms with Gasteiger partial charge in [0.15, 0.2) is 5.82 Å². The summed E-state index contributed by atoms with van der Waals surface area (Å²) in [6, 6.07) is 0.449. The van der Waals surface area contributed by atoms with E-state index >= 15 is 0 Å². The minimum Gasteiger partial charge on any atom is -0.361 e. The topological polar surface area (TPSA) is 76.0 Å². The highest BCUT2D eigenvalue weighted by molar-refractivity contribution is 5.76. The Morgan fingerprint density at radius 1 is 1.33 bits per heavy atom. The molecule has 1 aromatic heterocycles. The minimum atomic E-state index is -0.0584. The summed E-state index contributed by atoms with van der Waals surface area (Å²) in [6.07, 6.45) is 6.79. The summed E-state index contributed by atoms with van der Waals surface area (Å²) < 4.78 is 1.75. The average Bonchev–Trinajstić information content (AvgIpc) is 3.19. The summed E-state index contributed by atoms with van der Waals surface area (Å²) in [4.78, 5) is 27.3. The van der Waals surface area contributed by atoms with Crippen LogP contribution < -0.4 is 16.2 Å². The van der Waals surface area contributed by atoms with Crippen LogP contribution in [0.2, 0.25) is 0 Å². The van der Waals surface area contributed by atoms with Gasteiger partial charge in [0.1, 0.15) is 0 Å². The summed E-state index contributed by atoms with van der Waals surface area (Å²) in [6.45, 7) is 0.554. The van der Waals surface area contributed by atoms with Gasteiger partial charge < -0.3 is 15.2 Å². The Hall–Kier alpha value is -1.85. The first-order valence-corrected chi connectivity index (χ1v) is 6.34. The number of anilines is 1. The molecular formula is C12H16N4O2. The average molecular weight is 248 g/mol. The molecule has 0 spiro atoms. The second-order valence-corrected chi connectivity index (χ2v) is 4.90. The van der Waals surface area contributed by atoms with Gasteiger partial charge in [0.25, 0.3) is 5.56 Å². The molecule has 0 aromatic carbocycles. The second-order valence-electron chi connectivity index (χ2n) is 4.90. The molecule has 0 radical (unpaired) electrons. The summed E-state index contributed by atoms with van der Waals surface area (Å²) >= 11 is 0. The number of hydrogen-bond acceptors (Lipinski definition) is 4. The van der Waals surface area contributed by atoms with Crippen molar-refractivity contribution in [2.75, 3.05) is 11.9 Å². The van der Waals surface area contributed by atoms with Gasteiger partial charge in [-0.15, -0.1) is 0 Å². The summed E-state index contributed by atoms with van der Waals surface area (Å²) in [5, 5.41) is 5.92. The van der Waals surface area contributed by atoms with Crippen LogP contribution in [0.5, 0.6) is 0 Å². The highest BCUT2D eigenvalue weighted by atomic mass is 16.1. The van der Waals surface area contributed by atoms with Gasteiger partial charge in [-0.3, -0.25) is 9.59 Å². The van der Waals surface area contributed by atoms with Crippen molar-refractivity contribution in [3.8, 4) is 0 Å². The molecular weight excluding hydrogens is 232 g/mol. The van der Waals surface area contributed by atoms with E-state index in [1.54, 1.807) is 17.0 Å². The third-order valence-corrected chi connectivity index (χ3v) is 3.41. The predicted molar refractivity (Wildman–Crippen MR) is 66.4 cm³/mol. The minimum absolute atomic E-state index is 0.0584. The Morgan fingerprint density at radius 3 is 2.83 bits per heavy atom. The molecule has 96 valence electrons. The molecule has 1 aliphatic carbocycles. The summed E-state index contributed by atoms with van der Waals surface area (Å²) in [5.74, 6) is 0.468. The van der Waals surface area contributed by atoms with Crippen molar-refractivity contribution in [3.05, 3.63) is 22.7 Å². The van der Waals surface area contributed by atoms with Gasteiger partial charge in [0, 0.05) is 37.4 Å². The van der Waals surface area contributed by atoms with Crippen LogP contribution in [0.15, 0.2) is 17.2 Å². The third kappa shape index (κ3) is 2.23. The van der Waals surface area contributed by atoms with E-state index in [0.717, 1.165) is 19.3 Å². The molecule has 1 saturated carbocycles. The number of nitrogens with zero attached hydrogens (tertiary/aromatic N) is 2. The summed E-state index contributed by atoms with van der Waals surface area (Å²) in [5.41, 5.74) is -0.0584. The molecule has 2 fully saturated rings. The van der Waals surface area contributed by atoms with Crippen molar-refractivity contribution in [2.45, 2.75) is 37.8 Å². The standard InChI is InChI=1S/C12H16N4O2/c17-10-4-1-8(7-14-10)15-11-12(18)16(6-5-13-11)9-2-3-9/h5-6,8-9H,1-4,7H2,(H,13,15)(H,14,17). The maximum Gasteiger partial charge on any atom is 0.293 e. The highest BCUT2D eigenvalue weighted by Crippen LogP contribution is 2.33. The highest BCUT2D eigenvalue weighted by Gasteiger charge is 2.26. The van der Waals surface area contributed by atoms with Gasteiger partial charge in [-0.2, -0.15) is 0 Å². The van der Waals surface area contributed by atoms with Gasteiger partial charge in [-0.25, -0.2) is 4.98 Å². The molecule has 1 atom stereocenters. The van der Waals surface area contributed by atoms with Crippen LogP contribution in [0.3, 0.4) is 0 Å². The first-order chi connectivity index (χ1) is 8.74. The maximum atomic E-state index is 12.1. The Balaban J connectivity index is 1.74. The molecule has 6 nitrogen and oxygen atoms in total. The summed E-state index contributed by atoms with van der Waals surface area (Å²) in [7, 11) is 0. The van der Waals surface area contributed by atoms with E-state index in [4.69, 9.17) is 0 Å². The van der Waals surface area contributed by atoms with Gasteiger partial charge in [0.2, 0.25) is 5.91 Å². The molecule has 6 heteroatoms. The molecule has 1 amide bonds. The Labute approximate surface area is 104 Å². The fourth-order valence-electron chi connectivity index (χ4n) is 2.21. The number of carbonyl (C=O) groups is 1. The van der Waals surface area contributed by atoms with Crippen LogP contribution in [0.25, 0.3) is 0 Å². The van der Waals surface area contributed by atoms with Crippen molar-refractivity contribution in [1.82, 2.24) is 14.9 Å². The van der Waals surface area contributed by atoms with E-state index < -0.39 is 0 Å². The lowest BCUT2D eigenvalue weighted by molar-refractivity contribution is -0.122. The largest absolute Gasteiger partial charge is 0.361 e. The number of hydrogen-bond donors (Lipinski definition) is 2. The van der Waals surface area contributed by atoms with Gasteiger partial charge >= 0.3 is 0 Å². The molecule has 3 rings (SSSR count). The first kappa shape index (κ1) is 11.3. The molecule has 1 aliphatic heterocycles. The van der Waals surface area contributed by atoms with Crippen molar-refractivity contribution >= 4 is 11.7 Å². The Bertz CT molecular complexity index is 511. The molecule has 0 bridgehead atoms. The number of nitrogens with one attached hydrogen (secondary N) is 2. The number of rotatable bonds is 3. The zero-order chi connectivity index (χ0) is 12.5. The van der Waals surface area contributed by atoms with Crippen molar-refractivity contribution in [1.29, 1.82) is 0 Å². The monoisotopic (exact) mass is 248 g/mol. The SMILES string of the molecule is O=C1CCC(Nc2nccn(C3CC3)c2=O)CN1. The number of amides is 1. The van der Waals surface area contributed by atoms with E-state index in [0.29, 0.717) is 24.8 Å². The van der Waals surface area contributed by atoms with E-state index in [9.17, 15) is 9.59 Å². The molecule has 18 heavy (non-hydrogen) atoms. The number of carbonyl (C=O) groups excluding carboxylic acids is 1. The normalized spacial score (nSPS) is 23.6. The fraction of sp³-hybridized carbons (Fsp3) is 0.583. The van der Waals surface area contributed by atoms with Crippen LogP contribution in [0.1, 0.15) is 31.7 Å². The third-order valence-electron chi connectivity index (χ3n) is 3.41. The maximum absolute atomic E-state index is 12.1. The quantitative estimate of drug-likeness (QED) is 0.805. The molecule has 2 N–H and O–H groups in total. The van der Waals surface area contributed by atoms with Crippen molar-refractivity contribution < 1.29 is 4.79 Å². The van der Waals surface area contributed by atoms with Crippen LogP contribution in [0, 0.1) is 0 Å². The van der Waals surface area contributed by atoms with Gasteiger partial charge in [-0.05, 0) is 19.3 Å². The zero-order valence-corrected chi connectivity index (χ0v) is 10.1. The smallest absolute Gasteiger partial charge is 0.293 e. The lowest BCUT2D eigenvalue weighted by Gasteiger charge is -2.23. The van der Waals surface area contributed by atoms with E-state index in [1.807, 2.05) is 0 Å². The predicted octanol–water partition coefficient (Wildman–Crippen LogP) is 0.269. The second kappa shape index (κ2) is 4.44. The van der Waals surface area contributed by atoms with Crippen LogP contribution in [0.4, 0.5) is 5.82 Å². The Kier molecular flexibility index (Phi) is 2.77. The van der Waals surface area contributed by atoms with E-state index in [-0.39, 0.29) is 17.5 Å². The molecule has 2 heterocycles. The van der Waals surface area contributed by atoms with E-state index in [2.05, 4.69) is 15.6 Å². The van der Waals surface area contributed by atoms with E-state index in [1.165, 1.54) is 0 Å². The van der Waals surface area contributed by atoms with Crippen LogP contribution >= 0.6 is 0 Å². The fourth-order valence-corrected chi connectivity index (χ4v) is 2.21. The zero-order valence-electron chi connectivity index (χ0n) is 10.1. The lowest BCUT2D eigenvalue weighted by Crippen LogP contribution is -2.43. The number of piperidine rings is 1. The van der Waals surface area contributed by atoms with Crippen LogP contribution in [-0.4, -0.2) is 28.0 Å². The van der Waals surface area contributed by atoms with Gasteiger partial charge in [-0.1, -0.05) is 0 Å². The molecule has 1 unspecified atom stereocenters. The first-order valence-electron chi connectivity index (χ1n) is 6.34. The van der Waals surface area contributed by atoms with Crippen molar-refractivity contribution in [2.24, 2.45) is 0 Å². The Morgan fingerprint density at radius 2 is 2.17 bits per heavy atom.